The van der Waals surface area contributed by atoms with Gasteiger partial charge < -0.3 is 5.32 Å². The normalized spacial score (nSPS) is 12.3. The number of rotatable bonds is 7. The van der Waals surface area contributed by atoms with E-state index in [2.05, 4.69) is 19.9 Å². The summed E-state index contributed by atoms with van der Waals surface area (Å²) in [4.78, 5) is 32.9. The summed E-state index contributed by atoms with van der Waals surface area (Å²) < 4.78 is 3.84. The molecule has 0 aliphatic heterocycles. The van der Waals surface area contributed by atoms with E-state index in [1.807, 2.05) is 52.8 Å². The number of aryl methyl sites for hydroxylation is 2. The fourth-order valence-corrected chi connectivity index (χ4v) is 3.71. The largest absolute Gasteiger partial charge is 0.349 e. The van der Waals surface area contributed by atoms with Crippen molar-refractivity contribution < 1.29 is 9.59 Å². The van der Waals surface area contributed by atoms with Gasteiger partial charge in [-0.2, -0.15) is 0 Å². The maximum Gasteiger partial charge on any atom is 0.280 e. The van der Waals surface area contributed by atoms with Crippen LogP contribution in [0.5, 0.6) is 0 Å². The molecule has 0 bridgehead atoms. The smallest absolute Gasteiger partial charge is 0.280 e. The zero-order valence-electron chi connectivity index (χ0n) is 18.4. The number of carbonyl (C=O) groups is 2. The average Bonchev–Trinajstić information content (AvgIpc) is 3.27. The number of pyridine rings is 1. The molecule has 0 aliphatic carbocycles. The second kappa shape index (κ2) is 9.34. The molecule has 7 nitrogen and oxygen atoms in total. The summed E-state index contributed by atoms with van der Waals surface area (Å²) in [6.07, 6.45) is 3.99. The predicted molar refractivity (Wildman–Crippen MR) is 122 cm³/mol. The quantitative estimate of drug-likeness (QED) is 0.597. The van der Waals surface area contributed by atoms with Gasteiger partial charge in [0.05, 0.1) is 0 Å². The van der Waals surface area contributed by atoms with Crippen molar-refractivity contribution in [1.82, 2.24) is 19.9 Å². The molecule has 3 aromatic rings. The van der Waals surface area contributed by atoms with Crippen LogP contribution in [0.15, 0.2) is 48.1 Å². The fourth-order valence-electron chi connectivity index (χ4n) is 3.28. The van der Waals surface area contributed by atoms with Crippen molar-refractivity contribution in [2.45, 2.75) is 52.6 Å². The lowest BCUT2D eigenvalue weighted by atomic mass is 9.98. The number of nitrogens with zero attached hydrogens (tertiary/aromatic N) is 4. The third-order valence-corrected chi connectivity index (χ3v) is 5.79. The number of aromatic nitrogens is 3. The minimum atomic E-state index is -0.899. The molecule has 0 saturated carbocycles. The molecule has 0 radical (unpaired) electrons. The van der Waals surface area contributed by atoms with Gasteiger partial charge >= 0.3 is 0 Å². The van der Waals surface area contributed by atoms with Crippen LogP contribution in [0.2, 0.25) is 0 Å². The van der Waals surface area contributed by atoms with Crippen LogP contribution in [0.4, 0.5) is 5.69 Å². The third kappa shape index (κ3) is 5.14. The van der Waals surface area contributed by atoms with E-state index >= 15 is 0 Å². The first-order chi connectivity index (χ1) is 14.7. The maximum absolute atomic E-state index is 13.6. The van der Waals surface area contributed by atoms with Crippen molar-refractivity contribution in [3.8, 4) is 0 Å². The fraction of sp³-hybridized carbons (Fsp3) is 0.348. The molecular weight excluding hydrogens is 410 g/mol. The molecule has 1 atom stereocenters. The molecule has 2 aromatic heterocycles. The lowest BCUT2D eigenvalue weighted by Gasteiger charge is -2.35. The van der Waals surface area contributed by atoms with E-state index < -0.39 is 11.6 Å². The molecule has 162 valence electrons. The van der Waals surface area contributed by atoms with Crippen LogP contribution < -0.4 is 10.2 Å². The van der Waals surface area contributed by atoms with Crippen molar-refractivity contribution >= 4 is 29.0 Å². The lowest BCUT2D eigenvalue weighted by Crippen LogP contribution is -2.50. The Morgan fingerprint density at radius 2 is 1.87 bits per heavy atom. The summed E-state index contributed by atoms with van der Waals surface area (Å²) in [6, 6.07) is 8.41. The number of hydrogen-bond donors (Lipinski definition) is 1. The van der Waals surface area contributed by atoms with Gasteiger partial charge in [-0.15, -0.1) is 5.10 Å². The highest BCUT2D eigenvalue weighted by molar-refractivity contribution is 7.03. The van der Waals surface area contributed by atoms with Gasteiger partial charge in [-0.3, -0.25) is 19.5 Å². The van der Waals surface area contributed by atoms with Crippen LogP contribution in [0, 0.1) is 13.8 Å². The van der Waals surface area contributed by atoms with Crippen LogP contribution in [0.3, 0.4) is 0 Å². The summed E-state index contributed by atoms with van der Waals surface area (Å²) in [6.45, 7) is 9.85. The van der Waals surface area contributed by atoms with E-state index in [0.29, 0.717) is 11.3 Å². The summed E-state index contributed by atoms with van der Waals surface area (Å²) in [5.74, 6) is -0.651. The third-order valence-electron chi connectivity index (χ3n) is 5.28. The van der Waals surface area contributed by atoms with Gasteiger partial charge in [-0.1, -0.05) is 29.1 Å². The van der Waals surface area contributed by atoms with E-state index in [1.165, 1.54) is 4.90 Å². The molecule has 1 aromatic carbocycles. The molecule has 0 aliphatic rings. The monoisotopic (exact) mass is 437 g/mol. The minimum absolute atomic E-state index is 0.201. The van der Waals surface area contributed by atoms with E-state index in [-0.39, 0.29) is 17.5 Å². The van der Waals surface area contributed by atoms with E-state index in [9.17, 15) is 9.59 Å². The molecule has 8 heteroatoms. The Balaban J connectivity index is 2.19. The second-order valence-electron chi connectivity index (χ2n) is 8.17. The van der Waals surface area contributed by atoms with Crippen molar-refractivity contribution in [1.29, 1.82) is 0 Å². The van der Waals surface area contributed by atoms with Gasteiger partial charge in [0, 0.05) is 29.0 Å². The van der Waals surface area contributed by atoms with Gasteiger partial charge in [0.2, 0.25) is 5.91 Å². The highest BCUT2D eigenvalue weighted by atomic mass is 32.1. The molecule has 0 spiro atoms. The Kier molecular flexibility index (Phi) is 6.80. The summed E-state index contributed by atoms with van der Waals surface area (Å²) in [5.41, 5.74) is 3.04. The molecule has 31 heavy (non-hydrogen) atoms. The van der Waals surface area contributed by atoms with Gasteiger partial charge in [0.25, 0.3) is 5.91 Å². The van der Waals surface area contributed by atoms with Gasteiger partial charge in [0.15, 0.2) is 5.69 Å². The van der Waals surface area contributed by atoms with Crippen LogP contribution in [-0.2, 0) is 4.79 Å². The number of amides is 2. The van der Waals surface area contributed by atoms with E-state index in [1.54, 1.807) is 29.9 Å². The topological polar surface area (TPSA) is 88.1 Å². The second-order valence-corrected chi connectivity index (χ2v) is 8.77. The van der Waals surface area contributed by atoms with Crippen molar-refractivity contribution in [2.24, 2.45) is 0 Å². The number of nitrogens with one attached hydrogen (secondary N) is 1. The SMILES string of the molecule is CCC(C)(C)NC(=O)C(c1ccncc1)N(C(=O)c1csnn1)c1ccc(C)cc1C. The van der Waals surface area contributed by atoms with Gasteiger partial charge in [-0.05, 0) is 75.0 Å². The molecule has 2 amide bonds. The highest BCUT2D eigenvalue weighted by Gasteiger charge is 2.36. The number of carbonyl (C=O) groups excluding carboxylic acids is 2. The number of anilines is 1. The average molecular weight is 438 g/mol. The molecule has 0 saturated heterocycles. The number of hydrogen-bond acceptors (Lipinski definition) is 6. The highest BCUT2D eigenvalue weighted by Crippen LogP contribution is 2.32. The molecule has 1 N–H and O–H groups in total. The van der Waals surface area contributed by atoms with Crippen molar-refractivity contribution in [3.63, 3.8) is 0 Å². The minimum Gasteiger partial charge on any atom is -0.349 e. The lowest BCUT2D eigenvalue weighted by molar-refractivity contribution is -0.124. The summed E-state index contributed by atoms with van der Waals surface area (Å²) in [5, 5.41) is 8.66. The molecule has 2 heterocycles. The van der Waals surface area contributed by atoms with Gasteiger partial charge in [-0.25, -0.2) is 0 Å². The van der Waals surface area contributed by atoms with E-state index in [0.717, 1.165) is 29.1 Å². The Labute approximate surface area is 186 Å². The van der Waals surface area contributed by atoms with Crippen molar-refractivity contribution in [3.05, 3.63) is 70.5 Å². The first-order valence-corrected chi connectivity index (χ1v) is 11.0. The molecule has 1 unspecified atom stereocenters. The van der Waals surface area contributed by atoms with Crippen LogP contribution in [0.25, 0.3) is 0 Å². The van der Waals surface area contributed by atoms with Crippen LogP contribution in [-0.4, -0.2) is 31.9 Å². The zero-order valence-corrected chi connectivity index (χ0v) is 19.2. The maximum atomic E-state index is 13.6. The molecule has 0 fully saturated rings. The molecule has 3 rings (SSSR count). The predicted octanol–water partition coefficient (Wildman–Crippen LogP) is 4.24. The Hall–Kier alpha value is -3.13. The van der Waals surface area contributed by atoms with Gasteiger partial charge in [0.1, 0.15) is 6.04 Å². The summed E-state index contributed by atoms with van der Waals surface area (Å²) >= 11 is 1.10. The van der Waals surface area contributed by atoms with Crippen LogP contribution >= 0.6 is 11.5 Å². The first-order valence-electron chi connectivity index (χ1n) is 10.1. The summed E-state index contributed by atoms with van der Waals surface area (Å²) in [7, 11) is 0. The van der Waals surface area contributed by atoms with Crippen LogP contribution in [0.1, 0.15) is 60.4 Å². The van der Waals surface area contributed by atoms with Crippen molar-refractivity contribution in [2.75, 3.05) is 4.90 Å². The molecular formula is C23H27N5O2S. The Morgan fingerprint density at radius 3 is 2.45 bits per heavy atom. The Bertz CT molecular complexity index is 1050. The first kappa shape index (κ1) is 22.6. The number of benzene rings is 1. The zero-order chi connectivity index (χ0) is 22.6. The standard InChI is InChI=1S/C23H27N5O2S/c1-6-23(4,5)25-21(29)20(17-9-11-24-12-10-17)28(22(30)18-14-31-27-26-18)19-8-7-15(2)13-16(19)3/h7-14,20H,6H2,1-5H3,(H,25,29). The van der Waals surface area contributed by atoms with E-state index in [4.69, 9.17) is 0 Å². The Morgan fingerprint density at radius 1 is 1.16 bits per heavy atom.